The Balaban J connectivity index is 0.980. The number of benzene rings is 8. The smallest absolute Gasteiger partial charge is 0.180 e. The first-order valence-corrected chi connectivity index (χ1v) is 17.2. The molecule has 3 aromatic heterocycles. The molecule has 0 unspecified atom stereocenters. The lowest BCUT2D eigenvalue weighted by atomic mass is 9.96. The highest BCUT2D eigenvalue weighted by atomic mass is 16.3. The van der Waals surface area contributed by atoms with Gasteiger partial charge in [-0.25, -0.2) is 9.97 Å². The number of rotatable bonds is 6. The van der Waals surface area contributed by atoms with Crippen molar-refractivity contribution in [1.82, 2.24) is 9.97 Å². The Morgan fingerprint density at radius 3 is 1.88 bits per heavy atom. The van der Waals surface area contributed by atoms with Gasteiger partial charge in [0.05, 0.1) is 27.4 Å². The van der Waals surface area contributed by atoms with E-state index in [1.165, 1.54) is 12.4 Å². The Morgan fingerprint density at radius 1 is 0.393 bits per heavy atom. The van der Waals surface area contributed by atoms with Gasteiger partial charge in [0.25, 0.3) is 0 Å². The van der Waals surface area contributed by atoms with Gasteiger partial charge in [0, 0.05) is 27.3 Å². The van der Waals surface area contributed by atoms with Gasteiger partial charge in [0.15, 0.2) is 5.58 Å². The first-order chi connectivity index (χ1) is 36.1. The van der Waals surface area contributed by atoms with E-state index in [0.29, 0.717) is 33.3 Å². The summed E-state index contributed by atoms with van der Waals surface area (Å²) in [5, 5.41) is 0.379. The molecule has 0 amide bonds. The second-order valence-corrected chi connectivity index (χ2v) is 12.6. The van der Waals surface area contributed by atoms with Crippen molar-refractivity contribution in [3.8, 4) is 66.9 Å². The maximum atomic E-state index is 9.39. The lowest BCUT2D eigenvalue weighted by Crippen LogP contribution is -1.88. The van der Waals surface area contributed by atoms with Crippen molar-refractivity contribution in [2.24, 2.45) is 0 Å². The second-order valence-electron chi connectivity index (χ2n) is 12.6. The van der Waals surface area contributed by atoms with Gasteiger partial charge in [-0.1, -0.05) is 157 Å². The van der Waals surface area contributed by atoms with Gasteiger partial charge in [-0.2, -0.15) is 0 Å². The van der Waals surface area contributed by atoms with Crippen LogP contribution in [0.15, 0.2) is 203 Å². The summed E-state index contributed by atoms with van der Waals surface area (Å²) in [7, 11) is 0. The Bertz CT molecular complexity index is 4360. The van der Waals surface area contributed by atoms with Gasteiger partial charge < -0.3 is 8.83 Å². The molecule has 3 heterocycles. The van der Waals surface area contributed by atoms with Crippen LogP contribution >= 0.6 is 0 Å². The zero-order valence-electron chi connectivity index (χ0n) is 48.6. The molecule has 11 rings (SSSR count). The molecule has 4 heteroatoms. The lowest BCUT2D eigenvalue weighted by molar-refractivity contribution is 0.667. The normalized spacial score (nSPS) is 16.6. The zero-order chi connectivity index (χ0) is 54.4. The minimum atomic E-state index is -0.809. The fourth-order valence-corrected chi connectivity index (χ4v) is 6.70. The van der Waals surface area contributed by atoms with Gasteiger partial charge in [-0.05, 0) is 80.4 Å². The maximum absolute atomic E-state index is 9.39. The van der Waals surface area contributed by atoms with Crippen molar-refractivity contribution < 1.29 is 36.2 Å². The average molecular weight is 737 g/mol. The van der Waals surface area contributed by atoms with E-state index < -0.39 is 137 Å². The molecule has 0 bridgehead atoms. The first kappa shape index (κ1) is 17.7. The summed E-state index contributed by atoms with van der Waals surface area (Å²) in [5.41, 5.74) is 1.60. The van der Waals surface area contributed by atoms with Crippen molar-refractivity contribution >= 4 is 44.0 Å². The van der Waals surface area contributed by atoms with Crippen molar-refractivity contribution in [3.05, 3.63) is 194 Å². The molecule has 0 aliphatic heterocycles. The molecule has 0 saturated carbocycles. The van der Waals surface area contributed by atoms with Crippen molar-refractivity contribution in [2.75, 3.05) is 0 Å². The molecule has 11 aromatic rings. The van der Waals surface area contributed by atoms with Crippen LogP contribution in [0.1, 0.15) is 27.4 Å². The topological polar surface area (TPSA) is 52.1 Å². The molecule has 0 spiro atoms. The van der Waals surface area contributed by atoms with Crippen LogP contribution in [0.2, 0.25) is 0 Å². The highest BCUT2D eigenvalue weighted by Gasteiger charge is 2.17. The van der Waals surface area contributed by atoms with E-state index in [2.05, 4.69) is 9.97 Å². The minimum absolute atomic E-state index is 0.00669. The fourth-order valence-electron chi connectivity index (χ4n) is 6.70. The highest BCUT2D eigenvalue weighted by Crippen LogP contribution is 2.39. The molecule has 0 atom stereocenters. The van der Waals surface area contributed by atoms with Crippen LogP contribution in [-0.2, 0) is 0 Å². The van der Waals surface area contributed by atoms with Crippen LogP contribution in [0.3, 0.4) is 0 Å². The van der Waals surface area contributed by atoms with Gasteiger partial charge >= 0.3 is 0 Å². The molecule has 56 heavy (non-hydrogen) atoms. The molecule has 8 aromatic carbocycles. The van der Waals surface area contributed by atoms with Crippen molar-refractivity contribution in [2.45, 2.75) is 0 Å². The standard InChI is InChI=1S/C52H32N2O2/c1-2-9-33(10-3-1)34-19-21-35(22-20-34)38-11-6-13-40(29-38)41-27-28-48-46(31-41)50-52(56-48)49(53-32-54-50)42-14-7-12-39(30-42)36-23-25-37(26-24-36)43-16-8-17-45-44-15-4-5-18-47(44)55-51(43)45/h1-32H/i1D,2D,3D,4D,5D,6D,8D,9D,10D,11D,13D,15D,16D,17D,18D,19D,20D,21D,22D,29D. The summed E-state index contributed by atoms with van der Waals surface area (Å²) in [6, 6.07) is 6.47. The van der Waals surface area contributed by atoms with Crippen LogP contribution in [0.5, 0.6) is 0 Å². The Labute approximate surface area is 351 Å². The third kappa shape index (κ3) is 5.47. The second kappa shape index (κ2) is 13.1. The number of furan rings is 2. The van der Waals surface area contributed by atoms with Crippen molar-refractivity contribution in [3.63, 3.8) is 0 Å². The summed E-state index contributed by atoms with van der Waals surface area (Å²) < 4.78 is 185. The number of fused-ring (bicyclic) bond motifs is 6. The number of hydrogen-bond acceptors (Lipinski definition) is 4. The SMILES string of the molecule is [2H]c1c([2H])c([2H])c(-c2c([2H])c([2H])c(-c3c([2H])c([2H])c([2H])c(-c4ccc5oc6c(-c7cccc(-c8ccc(-c9c([2H])c([2H])c([2H])c%10c9oc9c([2H])c([2H])c([2H])c([2H])c9%10)cc8)c7)ncnc6c5c4)c3[2H])c([2H])c2[2H])c([2H])c1[2H]. The summed E-state index contributed by atoms with van der Waals surface area (Å²) in [6.45, 7) is 0. The molecular formula is C52H32N2O2. The van der Waals surface area contributed by atoms with E-state index >= 15 is 0 Å². The van der Waals surface area contributed by atoms with Crippen LogP contribution in [0, 0.1) is 0 Å². The molecule has 0 aliphatic rings. The van der Waals surface area contributed by atoms with Crippen LogP contribution in [-0.4, -0.2) is 9.97 Å². The molecule has 0 fully saturated rings. The third-order valence-electron chi connectivity index (χ3n) is 9.37. The van der Waals surface area contributed by atoms with E-state index in [1.807, 2.05) is 24.3 Å². The fraction of sp³-hybridized carbons (Fsp3) is 0. The zero-order valence-corrected chi connectivity index (χ0v) is 28.6. The largest absolute Gasteiger partial charge is 0.455 e. The van der Waals surface area contributed by atoms with Gasteiger partial charge in [-0.15, -0.1) is 0 Å². The Kier molecular flexibility index (Phi) is 4.14. The number of aromatic nitrogens is 2. The summed E-state index contributed by atoms with van der Waals surface area (Å²) >= 11 is 0. The number of hydrogen-bond donors (Lipinski definition) is 0. The average Bonchev–Trinajstić information content (AvgIpc) is 4.02. The third-order valence-corrected chi connectivity index (χ3v) is 9.37. The first-order valence-electron chi connectivity index (χ1n) is 27.2. The quantitative estimate of drug-likeness (QED) is 0.171. The summed E-state index contributed by atoms with van der Waals surface area (Å²) in [4.78, 5) is 9.09. The molecule has 4 nitrogen and oxygen atoms in total. The van der Waals surface area contributed by atoms with Gasteiger partial charge in [-0.3, -0.25) is 0 Å². The van der Waals surface area contributed by atoms with Crippen LogP contribution in [0.25, 0.3) is 111 Å². The van der Waals surface area contributed by atoms with Crippen LogP contribution < -0.4 is 0 Å². The van der Waals surface area contributed by atoms with Gasteiger partial charge in [0.2, 0.25) is 0 Å². The minimum Gasteiger partial charge on any atom is -0.455 e. The maximum Gasteiger partial charge on any atom is 0.180 e. The van der Waals surface area contributed by atoms with Gasteiger partial charge in [0.1, 0.15) is 34.3 Å². The Hall–Kier alpha value is -7.56. The highest BCUT2D eigenvalue weighted by molar-refractivity contribution is 6.10. The van der Waals surface area contributed by atoms with E-state index in [4.69, 9.17) is 34.9 Å². The number of para-hydroxylation sites is 2. The molecule has 0 saturated heterocycles. The van der Waals surface area contributed by atoms with E-state index in [1.54, 1.807) is 36.4 Å². The van der Waals surface area contributed by atoms with E-state index in [0.717, 1.165) is 11.1 Å². The number of nitrogens with zero attached hydrogens (tertiary/aromatic N) is 2. The predicted molar refractivity (Wildman–Crippen MR) is 229 cm³/mol. The monoisotopic (exact) mass is 736 g/mol. The molecule has 262 valence electrons. The molecule has 0 N–H and O–H groups in total. The van der Waals surface area contributed by atoms with Crippen LogP contribution in [0.4, 0.5) is 0 Å². The summed E-state index contributed by atoms with van der Waals surface area (Å²) in [6.07, 6.45) is 1.33. The van der Waals surface area contributed by atoms with E-state index in [9.17, 15) is 1.37 Å². The summed E-state index contributed by atoms with van der Waals surface area (Å²) in [5.74, 6) is 0. The predicted octanol–water partition coefficient (Wildman–Crippen LogP) is 14.3. The molecule has 0 radical (unpaired) electrons. The lowest BCUT2D eigenvalue weighted by Gasteiger charge is -2.08. The van der Waals surface area contributed by atoms with E-state index in [-0.39, 0.29) is 50.3 Å². The Morgan fingerprint density at radius 2 is 1.02 bits per heavy atom. The van der Waals surface area contributed by atoms with Crippen molar-refractivity contribution in [1.29, 1.82) is 0 Å². The molecular weight excluding hydrogens is 685 g/mol. The molecule has 0 aliphatic carbocycles.